The van der Waals surface area contributed by atoms with E-state index < -0.39 is 0 Å². The molecular formula is C60H54Br3Cl3N6O9. The average molecular weight is 1350 g/mol. The van der Waals surface area contributed by atoms with Crippen LogP contribution in [0.5, 0.6) is 17.2 Å². The van der Waals surface area contributed by atoms with Crippen LogP contribution in [0.1, 0.15) is 85.1 Å². The van der Waals surface area contributed by atoms with Crippen LogP contribution < -0.4 is 16.0 Å². The van der Waals surface area contributed by atoms with Crippen molar-refractivity contribution in [3.63, 3.8) is 0 Å². The first-order chi connectivity index (χ1) is 38.5. The largest absolute Gasteiger partial charge is 0.506 e. The number of carbonyl (C=O) groups is 6. The maximum Gasteiger partial charge on any atom is 0.262 e. The van der Waals surface area contributed by atoms with Gasteiger partial charge in [0.15, 0.2) is 0 Å². The molecule has 3 heterocycles. The summed E-state index contributed by atoms with van der Waals surface area (Å²) in [6.45, 7) is 10.3. The number of carbonyl (C=O) groups excluding carboxylic acids is 6. The molecule has 0 unspecified atom stereocenters. The maximum atomic E-state index is 13.2. The van der Waals surface area contributed by atoms with Gasteiger partial charge in [-0.1, -0.05) is 89.5 Å². The van der Waals surface area contributed by atoms with Gasteiger partial charge >= 0.3 is 0 Å². The van der Waals surface area contributed by atoms with E-state index in [1.807, 2.05) is 13.8 Å². The third-order valence-corrected chi connectivity index (χ3v) is 15.8. The molecule has 9 aromatic rings. The SMILES string of the molecule is CCCNC(=O)Cc1c(C)n(C(=O)c2ccc(Br)cc2)c2cc(Cl)c(O)cc12.CCNC(=O)Cc1c(C)n(C(=O)c2ccc(Br)cc2)c2cc(Cl)c(O)cc12.CNC(=O)Cc1c(C)n(C(=O)c2ccc(Br)cc2)c2cc(Cl)c(O)cc12. The van der Waals surface area contributed by atoms with Crippen molar-refractivity contribution in [3.05, 3.63) is 188 Å². The van der Waals surface area contributed by atoms with Gasteiger partial charge in [-0.2, -0.15) is 0 Å². The first kappa shape index (κ1) is 61.7. The first-order valence-corrected chi connectivity index (χ1v) is 28.7. The van der Waals surface area contributed by atoms with Crippen LogP contribution >= 0.6 is 82.6 Å². The summed E-state index contributed by atoms with van der Waals surface area (Å²) in [5, 5.41) is 40.6. The van der Waals surface area contributed by atoms with Crippen molar-refractivity contribution in [2.24, 2.45) is 0 Å². The minimum atomic E-state index is -0.232. The van der Waals surface area contributed by atoms with Gasteiger partial charge in [-0.3, -0.25) is 42.5 Å². The normalized spacial score (nSPS) is 11.0. The zero-order chi connectivity index (χ0) is 59.1. The summed E-state index contributed by atoms with van der Waals surface area (Å²) in [6, 6.07) is 30.3. The van der Waals surface area contributed by atoms with E-state index in [0.717, 1.165) is 19.8 Å². The molecule has 6 aromatic carbocycles. The molecule has 0 radical (unpaired) electrons. The van der Waals surface area contributed by atoms with Crippen molar-refractivity contribution in [2.75, 3.05) is 20.1 Å². The number of halogens is 6. The summed E-state index contributed by atoms with van der Waals surface area (Å²) in [7, 11) is 1.55. The number of rotatable bonds is 12. The molecule has 3 aromatic heterocycles. The van der Waals surface area contributed by atoms with E-state index >= 15 is 0 Å². The Morgan fingerprint density at radius 1 is 0.457 bits per heavy atom. The van der Waals surface area contributed by atoms with E-state index in [-0.39, 0.29) is 87.0 Å². The molecule has 9 rings (SSSR count). The Morgan fingerprint density at radius 2 is 0.741 bits per heavy atom. The number of hydrogen-bond acceptors (Lipinski definition) is 9. The lowest BCUT2D eigenvalue weighted by atomic mass is 10.1. The number of aromatic nitrogens is 3. The van der Waals surface area contributed by atoms with Crippen molar-refractivity contribution >= 4 is 151 Å². The number of likely N-dealkylation sites (N-methyl/N-ethyl adjacent to an activating group) is 2. The van der Waals surface area contributed by atoms with Gasteiger partial charge in [-0.05, 0) is 160 Å². The summed E-state index contributed by atoms with van der Waals surface area (Å²) in [4.78, 5) is 75.8. The Balaban J connectivity index is 0.000000175. The standard InChI is InChI=1S/C21H20BrClN2O3.C20H18BrClN2O3.C19H16BrClN2O3/c1-3-8-24-20(27)10-15-12(2)25(18-11-17(23)19(26)9-16(15)18)21(28)13-4-6-14(22)7-5-13;1-3-23-19(26)9-14-11(2)24(17-10-16(22)18(25)8-15(14)17)20(27)12-4-6-13(21)7-5-12;1-10-13(8-18(25)22-2)14-7-17(24)15(21)9-16(14)23(10)19(26)11-3-5-12(20)6-4-11/h4-7,9,11,26H,3,8,10H2,1-2H3,(H,24,27);4-8,10,25H,3,9H2,1-2H3,(H,23,26);3-7,9,24H,8H2,1-2H3,(H,22,25). The molecule has 0 saturated carbocycles. The topological polar surface area (TPSA) is 214 Å². The van der Waals surface area contributed by atoms with Crippen molar-refractivity contribution in [1.82, 2.24) is 29.7 Å². The van der Waals surface area contributed by atoms with Crippen LogP contribution in [-0.2, 0) is 33.6 Å². The number of nitrogens with one attached hydrogen (secondary N) is 3. The first-order valence-electron chi connectivity index (χ1n) is 25.2. The molecular weight excluding hydrogens is 1290 g/mol. The molecule has 0 bridgehead atoms. The Morgan fingerprint density at radius 3 is 1.01 bits per heavy atom. The highest BCUT2D eigenvalue weighted by Crippen LogP contribution is 2.38. The van der Waals surface area contributed by atoms with Crippen molar-refractivity contribution in [3.8, 4) is 17.2 Å². The monoisotopic (exact) mass is 1340 g/mol. The highest BCUT2D eigenvalue weighted by molar-refractivity contribution is 9.11. The Bertz CT molecular complexity index is 3930. The Kier molecular flexibility index (Phi) is 20.4. The second-order valence-corrected chi connectivity index (χ2v) is 22.6. The smallest absolute Gasteiger partial charge is 0.262 e. The molecule has 0 aliphatic carbocycles. The summed E-state index contributed by atoms with van der Waals surface area (Å²) in [5.74, 6) is -1.41. The van der Waals surface area contributed by atoms with Gasteiger partial charge < -0.3 is 31.3 Å². The van der Waals surface area contributed by atoms with E-state index in [9.17, 15) is 44.1 Å². The fourth-order valence-corrected chi connectivity index (χ4v) is 10.5. The molecule has 3 amide bonds. The number of aromatic hydroxyl groups is 3. The zero-order valence-electron chi connectivity index (χ0n) is 44.5. The van der Waals surface area contributed by atoms with Crippen LogP contribution in [-0.4, -0.2) is 84.6 Å². The lowest BCUT2D eigenvalue weighted by Crippen LogP contribution is -2.26. The third-order valence-electron chi connectivity index (χ3n) is 13.3. The van der Waals surface area contributed by atoms with E-state index in [4.69, 9.17) is 34.8 Å². The molecule has 81 heavy (non-hydrogen) atoms. The van der Waals surface area contributed by atoms with Crippen LogP contribution in [0.25, 0.3) is 32.7 Å². The number of phenolic OH excluding ortho intramolecular Hbond substituents is 3. The summed E-state index contributed by atoms with van der Waals surface area (Å²) in [6.07, 6.45) is 1.16. The highest BCUT2D eigenvalue weighted by atomic mass is 79.9. The van der Waals surface area contributed by atoms with Crippen molar-refractivity contribution in [1.29, 1.82) is 0 Å². The van der Waals surface area contributed by atoms with Crippen LogP contribution in [0.15, 0.2) is 123 Å². The van der Waals surface area contributed by atoms with Crippen LogP contribution in [0.2, 0.25) is 15.1 Å². The number of benzene rings is 6. The molecule has 0 atom stereocenters. The molecule has 0 aliphatic rings. The molecule has 21 heteroatoms. The van der Waals surface area contributed by atoms with Crippen LogP contribution in [0.3, 0.4) is 0 Å². The number of nitrogens with zero attached hydrogens (tertiary/aromatic N) is 3. The zero-order valence-corrected chi connectivity index (χ0v) is 51.6. The summed E-state index contributed by atoms with van der Waals surface area (Å²) >= 11 is 28.3. The lowest BCUT2D eigenvalue weighted by molar-refractivity contribution is -0.121. The van der Waals surface area contributed by atoms with E-state index in [1.165, 1.54) is 22.8 Å². The average Bonchev–Trinajstić information content (AvgIpc) is 4.13. The lowest BCUT2D eigenvalue weighted by Gasteiger charge is -2.08. The minimum absolute atomic E-state index is 0.0855. The van der Waals surface area contributed by atoms with Gasteiger partial charge in [0.2, 0.25) is 17.7 Å². The van der Waals surface area contributed by atoms with E-state index in [1.54, 1.807) is 128 Å². The molecule has 0 fully saturated rings. The quantitative estimate of drug-likeness (QED) is 0.0685. The second-order valence-electron chi connectivity index (χ2n) is 18.6. The third kappa shape index (κ3) is 13.7. The van der Waals surface area contributed by atoms with Crippen LogP contribution in [0.4, 0.5) is 0 Å². The number of amides is 3. The van der Waals surface area contributed by atoms with E-state index in [2.05, 4.69) is 63.7 Å². The van der Waals surface area contributed by atoms with Crippen molar-refractivity contribution in [2.45, 2.75) is 60.3 Å². The molecule has 0 aliphatic heterocycles. The van der Waals surface area contributed by atoms with Gasteiger partial charge in [-0.15, -0.1) is 0 Å². The van der Waals surface area contributed by atoms with Gasteiger partial charge in [0.05, 0.1) is 50.9 Å². The summed E-state index contributed by atoms with van der Waals surface area (Å²) in [5.41, 5.74) is 7.18. The van der Waals surface area contributed by atoms with E-state index in [0.29, 0.717) is 96.3 Å². The fourth-order valence-electron chi connectivity index (χ4n) is 9.24. The Hall–Kier alpha value is -6.93. The molecule has 6 N–H and O–H groups in total. The van der Waals surface area contributed by atoms with Gasteiger partial charge in [0, 0.05) is 83.5 Å². The molecule has 15 nitrogen and oxygen atoms in total. The minimum Gasteiger partial charge on any atom is -0.506 e. The van der Waals surface area contributed by atoms with Gasteiger partial charge in [0.25, 0.3) is 17.7 Å². The number of fused-ring (bicyclic) bond motifs is 3. The summed E-state index contributed by atoms with van der Waals surface area (Å²) < 4.78 is 7.24. The number of hydrogen-bond donors (Lipinski definition) is 6. The maximum absolute atomic E-state index is 13.2. The van der Waals surface area contributed by atoms with Crippen molar-refractivity contribution < 1.29 is 44.1 Å². The van der Waals surface area contributed by atoms with Gasteiger partial charge in [-0.25, -0.2) is 0 Å². The van der Waals surface area contributed by atoms with Crippen LogP contribution in [0, 0.1) is 20.8 Å². The van der Waals surface area contributed by atoms with Gasteiger partial charge in [0.1, 0.15) is 17.2 Å². The molecule has 0 spiro atoms. The second kappa shape index (κ2) is 26.8. The number of phenols is 3. The molecule has 420 valence electrons. The predicted molar refractivity (Wildman–Crippen MR) is 329 cm³/mol. The highest BCUT2D eigenvalue weighted by Gasteiger charge is 2.26. The molecule has 0 saturated heterocycles. The predicted octanol–water partition coefficient (Wildman–Crippen LogP) is 13.3. The Labute approximate surface area is 506 Å². The fraction of sp³-hybridized carbons (Fsp3) is 0.200.